The van der Waals surface area contributed by atoms with Gasteiger partial charge >= 0.3 is 0 Å². The number of hydrogen-bond donors (Lipinski definition) is 0. The first-order valence-corrected chi connectivity index (χ1v) is 6.70. The van der Waals surface area contributed by atoms with Gasteiger partial charge in [-0.3, -0.25) is 4.79 Å². The Labute approximate surface area is 114 Å². The van der Waals surface area contributed by atoms with Gasteiger partial charge in [0.2, 0.25) is 5.78 Å². The molecule has 0 aliphatic rings. The molecule has 3 rings (SSSR count). The number of hydrogen-bond acceptors (Lipinski definition) is 4. The van der Waals surface area contributed by atoms with Crippen molar-refractivity contribution in [2.45, 2.75) is 6.92 Å². The van der Waals surface area contributed by atoms with Crippen LogP contribution in [0.4, 0.5) is 0 Å². The molecule has 2 aromatic heterocycles. The molecule has 19 heavy (non-hydrogen) atoms. The Bertz CT molecular complexity index is 715. The van der Waals surface area contributed by atoms with Crippen molar-refractivity contribution in [2.24, 2.45) is 0 Å². The maximum atomic E-state index is 12.5. The zero-order valence-electron chi connectivity index (χ0n) is 10.3. The third kappa shape index (κ3) is 2.08. The van der Waals surface area contributed by atoms with Gasteiger partial charge in [0.1, 0.15) is 5.69 Å². The molecule has 0 spiro atoms. The number of aromatic nitrogens is 3. The third-order valence-electron chi connectivity index (χ3n) is 2.85. The van der Waals surface area contributed by atoms with Gasteiger partial charge in [0.05, 0.1) is 16.8 Å². The van der Waals surface area contributed by atoms with Crippen LogP contribution in [0.15, 0.2) is 48.0 Å². The van der Waals surface area contributed by atoms with Crippen LogP contribution in [0.1, 0.15) is 20.9 Å². The number of para-hydroxylation sites is 1. The second kappa shape index (κ2) is 4.78. The maximum Gasteiger partial charge on any atom is 0.223 e. The first-order valence-electron chi connectivity index (χ1n) is 5.82. The standard InChI is InChI=1S/C14H11N3OS/c1-10-7-8-19-14(10)13(18)12-9-15-16-17(12)11-5-3-2-4-6-11/h2-9H,1H3. The number of rotatable bonds is 3. The quantitative estimate of drug-likeness (QED) is 0.687. The van der Waals surface area contributed by atoms with E-state index in [-0.39, 0.29) is 5.78 Å². The molecular formula is C14H11N3OS. The highest BCUT2D eigenvalue weighted by molar-refractivity contribution is 7.12. The van der Waals surface area contributed by atoms with Crippen LogP contribution in [0, 0.1) is 6.92 Å². The van der Waals surface area contributed by atoms with Gasteiger partial charge in [0.15, 0.2) is 0 Å². The van der Waals surface area contributed by atoms with E-state index in [0.717, 1.165) is 16.1 Å². The summed E-state index contributed by atoms with van der Waals surface area (Å²) in [7, 11) is 0. The zero-order valence-corrected chi connectivity index (χ0v) is 11.1. The molecule has 2 heterocycles. The lowest BCUT2D eigenvalue weighted by Gasteiger charge is -2.04. The van der Waals surface area contributed by atoms with Crippen LogP contribution < -0.4 is 0 Å². The van der Waals surface area contributed by atoms with Gasteiger partial charge in [-0.25, -0.2) is 4.68 Å². The topological polar surface area (TPSA) is 47.8 Å². The Morgan fingerprint density at radius 3 is 2.68 bits per heavy atom. The van der Waals surface area contributed by atoms with Crippen molar-refractivity contribution in [2.75, 3.05) is 0 Å². The van der Waals surface area contributed by atoms with Crippen LogP contribution in [0.25, 0.3) is 5.69 Å². The Balaban J connectivity index is 2.06. The van der Waals surface area contributed by atoms with Crippen molar-refractivity contribution < 1.29 is 4.79 Å². The Hall–Kier alpha value is -2.27. The van der Waals surface area contributed by atoms with Crippen molar-refractivity contribution in [3.8, 4) is 5.69 Å². The molecule has 0 aliphatic carbocycles. The van der Waals surface area contributed by atoms with Gasteiger partial charge in [0.25, 0.3) is 0 Å². The Kier molecular flexibility index (Phi) is 2.97. The molecule has 4 nitrogen and oxygen atoms in total. The third-order valence-corrected chi connectivity index (χ3v) is 3.87. The number of nitrogens with zero attached hydrogens (tertiary/aromatic N) is 3. The van der Waals surface area contributed by atoms with Gasteiger partial charge in [-0.05, 0) is 36.1 Å². The van der Waals surface area contributed by atoms with Crippen LogP contribution >= 0.6 is 11.3 Å². The van der Waals surface area contributed by atoms with Gasteiger partial charge in [-0.15, -0.1) is 16.4 Å². The van der Waals surface area contributed by atoms with Gasteiger partial charge in [0, 0.05) is 0 Å². The van der Waals surface area contributed by atoms with E-state index in [1.165, 1.54) is 17.5 Å². The van der Waals surface area contributed by atoms with E-state index < -0.39 is 0 Å². The molecular weight excluding hydrogens is 258 g/mol. The summed E-state index contributed by atoms with van der Waals surface area (Å²) >= 11 is 1.44. The molecule has 0 atom stereocenters. The van der Waals surface area contributed by atoms with Gasteiger partial charge < -0.3 is 0 Å². The molecule has 0 saturated carbocycles. The summed E-state index contributed by atoms with van der Waals surface area (Å²) in [5.41, 5.74) is 2.30. The van der Waals surface area contributed by atoms with E-state index in [4.69, 9.17) is 0 Å². The Morgan fingerprint density at radius 1 is 1.21 bits per heavy atom. The van der Waals surface area contributed by atoms with Gasteiger partial charge in [-0.1, -0.05) is 23.4 Å². The van der Waals surface area contributed by atoms with E-state index in [9.17, 15) is 4.79 Å². The van der Waals surface area contributed by atoms with E-state index in [1.807, 2.05) is 48.7 Å². The van der Waals surface area contributed by atoms with Crippen molar-refractivity contribution in [3.05, 3.63) is 64.1 Å². The predicted molar refractivity (Wildman–Crippen MR) is 73.8 cm³/mol. The molecule has 1 aromatic carbocycles. The number of benzene rings is 1. The average Bonchev–Trinajstić information content (AvgIpc) is 3.07. The second-order valence-electron chi connectivity index (χ2n) is 4.13. The maximum absolute atomic E-state index is 12.5. The molecule has 0 bridgehead atoms. The highest BCUT2D eigenvalue weighted by Gasteiger charge is 2.19. The number of thiophene rings is 1. The summed E-state index contributed by atoms with van der Waals surface area (Å²) in [4.78, 5) is 13.2. The van der Waals surface area contributed by atoms with Crippen LogP contribution in [0.3, 0.4) is 0 Å². The SMILES string of the molecule is Cc1ccsc1C(=O)c1cnnn1-c1ccccc1. The monoisotopic (exact) mass is 269 g/mol. The minimum Gasteiger partial charge on any atom is -0.286 e. The van der Waals surface area contributed by atoms with Crippen molar-refractivity contribution >= 4 is 17.1 Å². The lowest BCUT2D eigenvalue weighted by atomic mass is 10.2. The van der Waals surface area contributed by atoms with E-state index in [2.05, 4.69) is 10.3 Å². The highest BCUT2D eigenvalue weighted by Crippen LogP contribution is 2.20. The first kappa shape index (κ1) is 11.8. The van der Waals surface area contributed by atoms with E-state index in [0.29, 0.717) is 5.69 Å². The second-order valence-corrected chi connectivity index (χ2v) is 5.04. The molecule has 0 fully saturated rings. The highest BCUT2D eigenvalue weighted by atomic mass is 32.1. The smallest absolute Gasteiger partial charge is 0.223 e. The molecule has 0 amide bonds. The van der Waals surface area contributed by atoms with Crippen LogP contribution in [-0.4, -0.2) is 20.8 Å². The molecule has 0 unspecified atom stereocenters. The van der Waals surface area contributed by atoms with Crippen LogP contribution in [0.2, 0.25) is 0 Å². The number of carbonyl (C=O) groups excluding carboxylic acids is 1. The Morgan fingerprint density at radius 2 is 2.00 bits per heavy atom. The van der Waals surface area contributed by atoms with E-state index >= 15 is 0 Å². The minimum atomic E-state index is -0.0404. The van der Waals surface area contributed by atoms with Crippen LogP contribution in [0.5, 0.6) is 0 Å². The van der Waals surface area contributed by atoms with Crippen molar-refractivity contribution in [1.29, 1.82) is 0 Å². The fourth-order valence-electron chi connectivity index (χ4n) is 1.87. The average molecular weight is 269 g/mol. The molecule has 3 aromatic rings. The lowest BCUT2D eigenvalue weighted by Crippen LogP contribution is -2.09. The summed E-state index contributed by atoms with van der Waals surface area (Å²) in [5.74, 6) is -0.0404. The summed E-state index contributed by atoms with van der Waals surface area (Å²) < 4.78 is 1.57. The number of ketones is 1. The summed E-state index contributed by atoms with van der Waals surface area (Å²) in [5, 5.41) is 9.77. The minimum absolute atomic E-state index is 0.0404. The van der Waals surface area contributed by atoms with Crippen molar-refractivity contribution in [3.63, 3.8) is 0 Å². The van der Waals surface area contributed by atoms with Crippen LogP contribution in [-0.2, 0) is 0 Å². The summed E-state index contributed by atoms with van der Waals surface area (Å²) in [6, 6.07) is 11.5. The first-order chi connectivity index (χ1) is 9.27. The molecule has 5 heteroatoms. The predicted octanol–water partition coefficient (Wildman–Crippen LogP) is 2.87. The molecule has 0 radical (unpaired) electrons. The zero-order chi connectivity index (χ0) is 13.2. The molecule has 0 saturated heterocycles. The molecule has 94 valence electrons. The lowest BCUT2D eigenvalue weighted by molar-refractivity contribution is 0.103. The number of aryl methyl sites for hydroxylation is 1. The van der Waals surface area contributed by atoms with E-state index in [1.54, 1.807) is 4.68 Å². The van der Waals surface area contributed by atoms with Crippen molar-refractivity contribution in [1.82, 2.24) is 15.0 Å². The fourth-order valence-corrected chi connectivity index (χ4v) is 2.75. The van der Waals surface area contributed by atoms with Gasteiger partial charge in [-0.2, -0.15) is 0 Å². The number of carbonyl (C=O) groups is 1. The molecule has 0 aliphatic heterocycles. The fraction of sp³-hybridized carbons (Fsp3) is 0.0714. The molecule has 0 N–H and O–H groups in total. The summed E-state index contributed by atoms with van der Waals surface area (Å²) in [6.45, 7) is 1.93. The normalized spacial score (nSPS) is 10.6. The summed E-state index contributed by atoms with van der Waals surface area (Å²) in [6.07, 6.45) is 1.51. The largest absolute Gasteiger partial charge is 0.286 e.